The van der Waals surface area contributed by atoms with E-state index in [1.165, 1.54) is 18.2 Å². The molecular formula is C24H21ClFN7O3. The Balaban J connectivity index is 1.51. The molecule has 5 rings (SSSR count). The van der Waals surface area contributed by atoms with Gasteiger partial charge in [0.2, 0.25) is 11.9 Å². The SMILES string of the molecule is C=CC(=O)Nc1cccc(-c2nc(Nc3cc(O)c(N4CCOCC4)c(F)c3)nc3n[nH]c(Cl)c23)c1. The van der Waals surface area contributed by atoms with Crippen molar-refractivity contribution in [3.05, 3.63) is 60.0 Å². The van der Waals surface area contributed by atoms with Crippen molar-refractivity contribution in [1.29, 1.82) is 0 Å². The first-order valence-electron chi connectivity index (χ1n) is 11.0. The summed E-state index contributed by atoms with van der Waals surface area (Å²) in [6.45, 7) is 5.33. The molecule has 2 aromatic heterocycles. The summed E-state index contributed by atoms with van der Waals surface area (Å²) in [7, 11) is 0. The van der Waals surface area contributed by atoms with Crippen LogP contribution in [0.15, 0.2) is 49.1 Å². The second-order valence-electron chi connectivity index (χ2n) is 7.96. The van der Waals surface area contributed by atoms with Crippen molar-refractivity contribution in [2.75, 3.05) is 41.8 Å². The number of aromatic nitrogens is 4. The van der Waals surface area contributed by atoms with Gasteiger partial charge in [0.25, 0.3) is 0 Å². The molecule has 4 N–H and O–H groups in total. The zero-order chi connectivity index (χ0) is 25.2. The molecule has 0 radical (unpaired) electrons. The molecule has 3 heterocycles. The van der Waals surface area contributed by atoms with Crippen molar-refractivity contribution in [2.45, 2.75) is 0 Å². The summed E-state index contributed by atoms with van der Waals surface area (Å²) in [6, 6.07) is 9.66. The first kappa shape index (κ1) is 23.5. The first-order chi connectivity index (χ1) is 17.4. The van der Waals surface area contributed by atoms with Gasteiger partial charge in [-0.1, -0.05) is 30.3 Å². The fourth-order valence-corrected chi connectivity index (χ4v) is 4.19. The van der Waals surface area contributed by atoms with E-state index in [0.29, 0.717) is 48.6 Å². The van der Waals surface area contributed by atoms with Gasteiger partial charge in [0.1, 0.15) is 16.6 Å². The van der Waals surface area contributed by atoms with Crippen LogP contribution in [0.1, 0.15) is 0 Å². The molecule has 10 nitrogen and oxygen atoms in total. The average Bonchev–Trinajstić information content (AvgIpc) is 3.24. The molecule has 12 heteroatoms. The number of halogens is 2. The molecule has 0 bridgehead atoms. The first-order valence-corrected chi connectivity index (χ1v) is 11.4. The topological polar surface area (TPSA) is 128 Å². The maximum atomic E-state index is 15.0. The van der Waals surface area contributed by atoms with Gasteiger partial charge < -0.3 is 25.4 Å². The van der Waals surface area contributed by atoms with Gasteiger partial charge in [-0.25, -0.2) is 9.37 Å². The summed E-state index contributed by atoms with van der Waals surface area (Å²) in [4.78, 5) is 22.4. The van der Waals surface area contributed by atoms with Crippen LogP contribution in [0.3, 0.4) is 0 Å². The largest absolute Gasteiger partial charge is 0.506 e. The van der Waals surface area contributed by atoms with Crippen LogP contribution in [-0.4, -0.2) is 57.5 Å². The van der Waals surface area contributed by atoms with Crippen LogP contribution < -0.4 is 15.5 Å². The highest BCUT2D eigenvalue weighted by Crippen LogP contribution is 2.36. The number of anilines is 4. The van der Waals surface area contributed by atoms with E-state index >= 15 is 0 Å². The van der Waals surface area contributed by atoms with Crippen LogP contribution in [0.25, 0.3) is 22.3 Å². The number of aromatic amines is 1. The molecule has 1 fully saturated rings. The van der Waals surface area contributed by atoms with Crippen molar-refractivity contribution in [1.82, 2.24) is 20.2 Å². The highest BCUT2D eigenvalue weighted by atomic mass is 35.5. The number of nitrogens with zero attached hydrogens (tertiary/aromatic N) is 4. The number of morpholine rings is 1. The number of carbonyl (C=O) groups excluding carboxylic acids is 1. The van der Waals surface area contributed by atoms with Crippen molar-refractivity contribution >= 4 is 51.6 Å². The number of H-pyrrole nitrogens is 1. The fourth-order valence-electron chi connectivity index (χ4n) is 3.98. The van der Waals surface area contributed by atoms with Crippen molar-refractivity contribution in [3.63, 3.8) is 0 Å². The number of carbonyl (C=O) groups is 1. The Labute approximate surface area is 209 Å². The molecule has 1 aliphatic heterocycles. The Morgan fingerprint density at radius 3 is 2.78 bits per heavy atom. The average molecular weight is 510 g/mol. The number of fused-ring (bicyclic) bond motifs is 1. The van der Waals surface area contributed by atoms with Gasteiger partial charge in [0, 0.05) is 36.1 Å². The highest BCUT2D eigenvalue weighted by molar-refractivity contribution is 6.35. The monoisotopic (exact) mass is 509 g/mol. The number of benzene rings is 2. The lowest BCUT2D eigenvalue weighted by Crippen LogP contribution is -2.36. The van der Waals surface area contributed by atoms with Crippen LogP contribution in [0.4, 0.5) is 27.4 Å². The maximum Gasteiger partial charge on any atom is 0.247 e. The van der Waals surface area contributed by atoms with Crippen molar-refractivity contribution < 1.29 is 19.0 Å². The fraction of sp³-hybridized carbons (Fsp3) is 0.167. The number of ether oxygens (including phenoxy) is 1. The number of amides is 1. The maximum absolute atomic E-state index is 15.0. The Hall–Kier alpha value is -4.22. The van der Waals surface area contributed by atoms with Crippen LogP contribution in [-0.2, 0) is 9.53 Å². The third-order valence-electron chi connectivity index (χ3n) is 5.59. The number of aromatic hydroxyl groups is 1. The summed E-state index contributed by atoms with van der Waals surface area (Å²) < 4.78 is 20.3. The number of nitrogens with one attached hydrogen (secondary N) is 3. The van der Waals surface area contributed by atoms with Gasteiger partial charge in [0.15, 0.2) is 11.5 Å². The number of hydrogen-bond acceptors (Lipinski definition) is 8. The quantitative estimate of drug-likeness (QED) is 0.284. The summed E-state index contributed by atoms with van der Waals surface area (Å²) in [5, 5.41) is 23.7. The standard InChI is InChI=1S/C24H21ClFN7O3/c1-2-18(35)27-14-5-3-4-13(10-14)20-19-22(25)31-32-23(19)30-24(29-20)28-15-11-16(26)21(17(34)12-15)33-6-8-36-9-7-33/h2-5,10-12,34H,1,6-9H2,(H,27,35)(H2,28,29,30,31,32). The number of hydrogen-bond donors (Lipinski definition) is 4. The van der Waals surface area contributed by atoms with E-state index in [1.54, 1.807) is 29.2 Å². The lowest BCUT2D eigenvalue weighted by molar-refractivity contribution is -0.111. The molecule has 2 aromatic carbocycles. The van der Waals surface area contributed by atoms with E-state index in [2.05, 4.69) is 37.4 Å². The summed E-state index contributed by atoms with van der Waals surface area (Å²) in [6.07, 6.45) is 1.17. The van der Waals surface area contributed by atoms with Gasteiger partial charge in [-0.2, -0.15) is 10.1 Å². The van der Waals surface area contributed by atoms with Crippen LogP contribution in [0.5, 0.6) is 5.75 Å². The van der Waals surface area contributed by atoms with Crippen molar-refractivity contribution in [3.8, 4) is 17.0 Å². The van der Waals surface area contributed by atoms with Gasteiger partial charge in [-0.3, -0.25) is 9.89 Å². The minimum Gasteiger partial charge on any atom is -0.506 e. The van der Waals surface area contributed by atoms with E-state index in [9.17, 15) is 14.3 Å². The molecule has 0 saturated carbocycles. The molecule has 0 aliphatic carbocycles. The highest BCUT2D eigenvalue weighted by Gasteiger charge is 2.21. The van der Waals surface area contributed by atoms with Gasteiger partial charge in [-0.05, 0) is 24.3 Å². The van der Waals surface area contributed by atoms with E-state index in [1.807, 2.05) is 0 Å². The minimum atomic E-state index is -0.589. The predicted molar refractivity (Wildman–Crippen MR) is 135 cm³/mol. The van der Waals surface area contributed by atoms with Crippen LogP contribution in [0.2, 0.25) is 5.15 Å². The molecular weight excluding hydrogens is 489 g/mol. The Morgan fingerprint density at radius 2 is 2.03 bits per heavy atom. The van der Waals surface area contributed by atoms with Gasteiger partial charge >= 0.3 is 0 Å². The molecule has 0 unspecified atom stereocenters. The smallest absolute Gasteiger partial charge is 0.247 e. The predicted octanol–water partition coefficient (Wildman–Crippen LogP) is 4.22. The van der Waals surface area contributed by atoms with Gasteiger partial charge in [-0.15, -0.1) is 0 Å². The second kappa shape index (κ2) is 9.80. The lowest BCUT2D eigenvalue weighted by atomic mass is 10.1. The summed E-state index contributed by atoms with van der Waals surface area (Å²) in [5.41, 5.74) is 2.25. The summed E-state index contributed by atoms with van der Waals surface area (Å²) >= 11 is 6.32. The second-order valence-corrected chi connectivity index (χ2v) is 8.33. The minimum absolute atomic E-state index is 0.110. The lowest BCUT2D eigenvalue weighted by Gasteiger charge is -2.29. The van der Waals surface area contributed by atoms with Crippen LogP contribution in [0, 0.1) is 5.82 Å². The van der Waals surface area contributed by atoms with E-state index in [0.717, 1.165) is 0 Å². The van der Waals surface area contributed by atoms with E-state index in [4.69, 9.17) is 16.3 Å². The number of phenolic OH excluding ortho intramolecular Hbond substituents is 1. The molecule has 1 aliphatic rings. The van der Waals surface area contributed by atoms with Crippen LogP contribution >= 0.6 is 11.6 Å². The molecule has 0 atom stereocenters. The normalized spacial score (nSPS) is 13.6. The third kappa shape index (κ3) is 4.66. The van der Waals surface area contributed by atoms with E-state index in [-0.39, 0.29) is 39.8 Å². The van der Waals surface area contributed by atoms with Crippen molar-refractivity contribution in [2.24, 2.45) is 0 Å². The van der Waals surface area contributed by atoms with E-state index < -0.39 is 5.82 Å². The number of phenols is 1. The molecule has 4 aromatic rings. The zero-order valence-electron chi connectivity index (χ0n) is 18.9. The Morgan fingerprint density at radius 1 is 1.22 bits per heavy atom. The number of rotatable bonds is 6. The molecule has 1 amide bonds. The molecule has 36 heavy (non-hydrogen) atoms. The molecule has 184 valence electrons. The summed E-state index contributed by atoms with van der Waals surface area (Å²) in [5.74, 6) is -1.05. The Kier molecular flexibility index (Phi) is 6.40. The molecule has 0 spiro atoms. The zero-order valence-corrected chi connectivity index (χ0v) is 19.6. The van der Waals surface area contributed by atoms with Gasteiger partial charge in [0.05, 0.1) is 24.3 Å². The third-order valence-corrected chi connectivity index (χ3v) is 5.86. The Bertz CT molecular complexity index is 1450. The molecule has 1 saturated heterocycles.